The van der Waals surface area contributed by atoms with Gasteiger partial charge in [0.2, 0.25) is 5.13 Å². The van der Waals surface area contributed by atoms with E-state index in [0.29, 0.717) is 22.2 Å². The van der Waals surface area contributed by atoms with Crippen LogP contribution < -0.4 is 5.32 Å². The van der Waals surface area contributed by atoms with Crippen LogP contribution in [-0.4, -0.2) is 30.9 Å². The Morgan fingerprint density at radius 1 is 1.21 bits per heavy atom. The van der Waals surface area contributed by atoms with Crippen molar-refractivity contribution in [1.82, 2.24) is 25.0 Å². The molecule has 7 nitrogen and oxygen atoms in total. The molecule has 3 aromatic heterocycles. The van der Waals surface area contributed by atoms with Gasteiger partial charge in [0.25, 0.3) is 5.91 Å². The highest BCUT2D eigenvalue weighted by Crippen LogP contribution is 2.18. The van der Waals surface area contributed by atoms with Crippen molar-refractivity contribution < 1.29 is 4.79 Å². The number of para-hydroxylation sites is 1. The molecule has 4 rings (SSSR count). The summed E-state index contributed by atoms with van der Waals surface area (Å²) in [6, 6.07) is 11.7. The van der Waals surface area contributed by atoms with Crippen LogP contribution in [0.3, 0.4) is 0 Å². The molecule has 0 aliphatic rings. The van der Waals surface area contributed by atoms with E-state index in [2.05, 4.69) is 25.6 Å². The molecule has 118 valence electrons. The van der Waals surface area contributed by atoms with E-state index in [1.807, 2.05) is 43.3 Å². The number of aromatic nitrogens is 5. The minimum atomic E-state index is -0.267. The van der Waals surface area contributed by atoms with Crippen molar-refractivity contribution in [3.63, 3.8) is 0 Å². The Balaban J connectivity index is 1.69. The van der Waals surface area contributed by atoms with Gasteiger partial charge in [-0.1, -0.05) is 29.5 Å². The topological polar surface area (TPSA) is 85.6 Å². The number of hydrogen-bond donors (Lipinski definition) is 1. The first-order valence-corrected chi connectivity index (χ1v) is 8.08. The molecule has 1 aromatic carbocycles. The lowest BCUT2D eigenvalue weighted by Gasteiger charge is -2.06. The highest BCUT2D eigenvalue weighted by Gasteiger charge is 2.17. The van der Waals surface area contributed by atoms with Crippen molar-refractivity contribution in [2.24, 2.45) is 0 Å². The summed E-state index contributed by atoms with van der Waals surface area (Å²) in [7, 11) is 0. The van der Waals surface area contributed by atoms with Crippen LogP contribution in [0.1, 0.15) is 16.1 Å². The van der Waals surface area contributed by atoms with Crippen LogP contribution in [0.15, 0.2) is 48.1 Å². The Bertz CT molecular complexity index is 1020. The van der Waals surface area contributed by atoms with E-state index in [9.17, 15) is 4.79 Å². The molecule has 0 saturated carbocycles. The molecule has 0 aliphatic heterocycles. The van der Waals surface area contributed by atoms with Crippen molar-refractivity contribution in [3.8, 4) is 5.82 Å². The van der Waals surface area contributed by atoms with Crippen molar-refractivity contribution in [2.75, 3.05) is 5.32 Å². The molecule has 4 aromatic rings. The van der Waals surface area contributed by atoms with Crippen LogP contribution in [-0.2, 0) is 0 Å². The third-order valence-corrected chi connectivity index (χ3v) is 4.24. The molecule has 0 fully saturated rings. The number of nitrogens with zero attached hydrogens (tertiary/aromatic N) is 5. The zero-order chi connectivity index (χ0) is 16.5. The summed E-state index contributed by atoms with van der Waals surface area (Å²) in [5, 5.41) is 16.0. The highest BCUT2D eigenvalue weighted by atomic mass is 32.1. The predicted molar refractivity (Wildman–Crippen MR) is 91.5 cm³/mol. The highest BCUT2D eigenvalue weighted by molar-refractivity contribution is 7.13. The second-order valence-corrected chi connectivity index (χ2v) is 5.95. The molecule has 8 heteroatoms. The van der Waals surface area contributed by atoms with Gasteiger partial charge in [0.15, 0.2) is 5.82 Å². The fourth-order valence-corrected chi connectivity index (χ4v) is 2.87. The van der Waals surface area contributed by atoms with Crippen molar-refractivity contribution in [2.45, 2.75) is 6.92 Å². The Kier molecular flexibility index (Phi) is 3.51. The number of carbonyl (C=O) groups excluding carboxylic acids is 1. The van der Waals surface area contributed by atoms with Crippen LogP contribution in [0, 0.1) is 6.92 Å². The number of pyridine rings is 1. The largest absolute Gasteiger partial charge is 0.296 e. The molecule has 0 saturated heterocycles. The molecule has 0 bridgehead atoms. The predicted octanol–water partition coefficient (Wildman–Crippen LogP) is 2.83. The lowest BCUT2D eigenvalue weighted by molar-refractivity contribution is 0.102. The number of fused-ring (bicyclic) bond motifs is 1. The number of anilines is 1. The van der Waals surface area contributed by atoms with Crippen LogP contribution in [0.4, 0.5) is 5.13 Å². The molecule has 0 atom stereocenters. The van der Waals surface area contributed by atoms with E-state index in [0.717, 1.165) is 10.9 Å². The van der Waals surface area contributed by atoms with Gasteiger partial charge in [-0.15, -0.1) is 10.2 Å². The summed E-state index contributed by atoms with van der Waals surface area (Å²) in [6.45, 7) is 1.83. The van der Waals surface area contributed by atoms with Crippen molar-refractivity contribution >= 4 is 33.3 Å². The van der Waals surface area contributed by atoms with E-state index in [1.165, 1.54) is 17.5 Å². The number of hydrogen-bond acceptors (Lipinski definition) is 6. The summed E-state index contributed by atoms with van der Waals surface area (Å²) in [4.78, 5) is 16.9. The molecule has 3 heterocycles. The minimum Gasteiger partial charge on any atom is -0.296 e. The maximum absolute atomic E-state index is 12.3. The Morgan fingerprint density at radius 2 is 2.08 bits per heavy atom. The van der Waals surface area contributed by atoms with E-state index >= 15 is 0 Å². The third kappa shape index (κ3) is 2.52. The SMILES string of the molecule is Cc1c(C(=O)Nc2nncs2)cnn1-c1ccc2ccccc2n1. The molecule has 1 N–H and O–H groups in total. The van der Waals surface area contributed by atoms with Crippen LogP contribution in [0.2, 0.25) is 0 Å². The molecular formula is C16H12N6OS. The van der Waals surface area contributed by atoms with Gasteiger partial charge in [0.05, 0.1) is 23.0 Å². The zero-order valence-corrected chi connectivity index (χ0v) is 13.5. The number of carbonyl (C=O) groups is 1. The van der Waals surface area contributed by atoms with Gasteiger partial charge in [-0.2, -0.15) is 5.10 Å². The molecule has 0 unspecified atom stereocenters. The fraction of sp³-hybridized carbons (Fsp3) is 0.0625. The minimum absolute atomic E-state index is 0.267. The zero-order valence-electron chi connectivity index (χ0n) is 12.7. The molecule has 24 heavy (non-hydrogen) atoms. The number of nitrogens with one attached hydrogen (secondary N) is 1. The Morgan fingerprint density at radius 3 is 2.92 bits per heavy atom. The lowest BCUT2D eigenvalue weighted by atomic mass is 10.2. The van der Waals surface area contributed by atoms with Gasteiger partial charge < -0.3 is 0 Å². The number of benzene rings is 1. The first kappa shape index (κ1) is 14.5. The van der Waals surface area contributed by atoms with Gasteiger partial charge in [-0.05, 0) is 25.1 Å². The molecular weight excluding hydrogens is 324 g/mol. The number of rotatable bonds is 3. The van der Waals surface area contributed by atoms with Gasteiger partial charge >= 0.3 is 0 Å². The summed E-state index contributed by atoms with van der Waals surface area (Å²) in [6.07, 6.45) is 1.53. The first-order valence-electron chi connectivity index (χ1n) is 7.21. The summed E-state index contributed by atoms with van der Waals surface area (Å²) < 4.78 is 1.65. The van der Waals surface area contributed by atoms with Gasteiger partial charge in [0.1, 0.15) is 5.51 Å². The van der Waals surface area contributed by atoms with E-state index < -0.39 is 0 Å². The molecule has 1 amide bonds. The quantitative estimate of drug-likeness (QED) is 0.622. The van der Waals surface area contributed by atoms with E-state index in [1.54, 1.807) is 10.2 Å². The molecule has 0 radical (unpaired) electrons. The van der Waals surface area contributed by atoms with Crippen molar-refractivity contribution in [3.05, 3.63) is 59.4 Å². The van der Waals surface area contributed by atoms with Gasteiger partial charge in [-0.3, -0.25) is 10.1 Å². The van der Waals surface area contributed by atoms with Crippen LogP contribution in [0.25, 0.3) is 16.7 Å². The average Bonchev–Trinajstić information content (AvgIpc) is 3.24. The van der Waals surface area contributed by atoms with Crippen LogP contribution in [0.5, 0.6) is 0 Å². The summed E-state index contributed by atoms with van der Waals surface area (Å²) in [5.41, 5.74) is 3.62. The molecule has 0 spiro atoms. The smallest absolute Gasteiger partial charge is 0.260 e. The monoisotopic (exact) mass is 336 g/mol. The Hall–Kier alpha value is -3.13. The first-order chi connectivity index (χ1) is 11.7. The normalized spacial score (nSPS) is 10.9. The van der Waals surface area contributed by atoms with Gasteiger partial charge in [-0.25, -0.2) is 9.67 Å². The summed E-state index contributed by atoms with van der Waals surface area (Å²) in [5.74, 6) is 0.400. The fourth-order valence-electron chi connectivity index (χ4n) is 2.43. The van der Waals surface area contributed by atoms with Crippen molar-refractivity contribution in [1.29, 1.82) is 0 Å². The molecule has 0 aliphatic carbocycles. The van der Waals surface area contributed by atoms with Gasteiger partial charge in [0, 0.05) is 5.39 Å². The summed E-state index contributed by atoms with van der Waals surface area (Å²) >= 11 is 1.26. The average molecular weight is 336 g/mol. The standard InChI is InChI=1S/C16H12N6OS/c1-10-12(15(23)20-16-21-17-9-24-16)8-18-22(10)14-7-6-11-4-2-3-5-13(11)19-14/h2-9H,1H3,(H,20,21,23). The maximum atomic E-state index is 12.3. The number of amides is 1. The van der Waals surface area contributed by atoms with E-state index in [-0.39, 0.29) is 5.91 Å². The Labute approximate surface area is 141 Å². The van der Waals surface area contributed by atoms with Crippen LogP contribution >= 0.6 is 11.3 Å². The second kappa shape index (κ2) is 5.82. The second-order valence-electron chi connectivity index (χ2n) is 5.12. The maximum Gasteiger partial charge on any atom is 0.260 e. The van der Waals surface area contributed by atoms with E-state index in [4.69, 9.17) is 0 Å². The lowest BCUT2D eigenvalue weighted by Crippen LogP contribution is -2.13. The third-order valence-electron chi connectivity index (χ3n) is 3.64.